The number of aromatic nitrogens is 3. The van der Waals surface area contributed by atoms with Crippen LogP contribution in [-0.2, 0) is 10.7 Å². The molecule has 2 heterocycles. The number of pyridine rings is 1. The minimum atomic E-state index is -2.66. The summed E-state index contributed by atoms with van der Waals surface area (Å²) in [6, 6.07) is 1.47. The highest BCUT2D eigenvalue weighted by Gasteiger charge is 2.02. The molecular weight excluding hydrogens is 230 g/mol. The van der Waals surface area contributed by atoms with E-state index in [-0.39, 0.29) is 4.90 Å². The Kier molecular flexibility index (Phi) is 2.78. The lowest BCUT2D eigenvalue weighted by molar-refractivity contribution is 0.614. The van der Waals surface area contributed by atoms with Gasteiger partial charge in [0.05, 0.1) is 4.90 Å². The average molecular weight is 237 g/mol. The molecule has 0 saturated heterocycles. The molecular formula is C9H7N3O3S. The second kappa shape index (κ2) is 4.23. The standard InChI is InChI=1S/C9H7N3O3S/c13-9-11-3-7(4-12-9)6-1-8(16(14)15)5-10-2-6/h1-5,16H,(H,11,12,13). The second-order valence-electron chi connectivity index (χ2n) is 3.00. The number of H-pyrrole nitrogens is 1. The van der Waals surface area contributed by atoms with Crippen LogP contribution in [0.4, 0.5) is 0 Å². The van der Waals surface area contributed by atoms with Gasteiger partial charge in [0, 0.05) is 35.9 Å². The van der Waals surface area contributed by atoms with Gasteiger partial charge in [-0.05, 0) is 6.07 Å². The first kappa shape index (κ1) is 10.5. The van der Waals surface area contributed by atoms with Gasteiger partial charge in [0.25, 0.3) is 0 Å². The van der Waals surface area contributed by atoms with Crippen LogP contribution >= 0.6 is 0 Å². The van der Waals surface area contributed by atoms with Gasteiger partial charge in [-0.15, -0.1) is 0 Å². The van der Waals surface area contributed by atoms with Gasteiger partial charge in [-0.2, -0.15) is 0 Å². The van der Waals surface area contributed by atoms with Crippen LogP contribution < -0.4 is 5.69 Å². The van der Waals surface area contributed by atoms with Crippen molar-refractivity contribution in [2.24, 2.45) is 0 Å². The molecule has 0 saturated carbocycles. The van der Waals surface area contributed by atoms with Crippen LogP contribution in [0, 0.1) is 0 Å². The Hall–Kier alpha value is -2.02. The quantitative estimate of drug-likeness (QED) is 0.706. The summed E-state index contributed by atoms with van der Waals surface area (Å²) < 4.78 is 21.5. The number of aromatic amines is 1. The van der Waals surface area contributed by atoms with Crippen molar-refractivity contribution >= 4 is 10.7 Å². The smallest absolute Gasteiger partial charge is 0.312 e. The van der Waals surface area contributed by atoms with Crippen LogP contribution in [0.15, 0.2) is 40.5 Å². The van der Waals surface area contributed by atoms with Gasteiger partial charge in [0.1, 0.15) is 0 Å². The molecule has 0 spiro atoms. The van der Waals surface area contributed by atoms with Gasteiger partial charge in [-0.3, -0.25) is 4.98 Å². The van der Waals surface area contributed by atoms with Crippen molar-refractivity contribution in [3.8, 4) is 11.1 Å². The molecule has 0 atom stereocenters. The maximum Gasteiger partial charge on any atom is 0.344 e. The Morgan fingerprint density at radius 2 is 1.94 bits per heavy atom. The molecule has 0 bridgehead atoms. The minimum Gasteiger partial charge on any atom is -0.312 e. The monoisotopic (exact) mass is 237 g/mol. The summed E-state index contributed by atoms with van der Waals surface area (Å²) in [5, 5.41) is 0. The van der Waals surface area contributed by atoms with Gasteiger partial charge in [0.2, 0.25) is 0 Å². The molecule has 0 unspecified atom stereocenters. The Morgan fingerprint density at radius 3 is 2.56 bits per heavy atom. The molecule has 82 valence electrons. The third-order valence-corrected chi connectivity index (χ3v) is 2.61. The number of nitrogens with one attached hydrogen (secondary N) is 1. The first-order valence-electron chi connectivity index (χ1n) is 4.31. The van der Waals surface area contributed by atoms with Crippen LogP contribution in [0.25, 0.3) is 11.1 Å². The van der Waals surface area contributed by atoms with Gasteiger partial charge >= 0.3 is 5.69 Å². The minimum absolute atomic E-state index is 0.124. The highest BCUT2D eigenvalue weighted by Crippen LogP contribution is 2.16. The van der Waals surface area contributed by atoms with Crippen LogP contribution in [0.2, 0.25) is 0 Å². The van der Waals surface area contributed by atoms with E-state index < -0.39 is 16.4 Å². The lowest BCUT2D eigenvalue weighted by Gasteiger charge is -1.99. The Morgan fingerprint density at radius 1 is 1.12 bits per heavy atom. The fraction of sp³-hybridized carbons (Fsp3) is 0. The van der Waals surface area contributed by atoms with Crippen molar-refractivity contribution in [3.63, 3.8) is 0 Å². The van der Waals surface area contributed by atoms with Gasteiger partial charge in [-0.25, -0.2) is 18.2 Å². The Labute approximate surface area is 92.0 Å². The molecule has 0 fully saturated rings. The summed E-state index contributed by atoms with van der Waals surface area (Å²) in [6.45, 7) is 0. The van der Waals surface area contributed by atoms with E-state index in [4.69, 9.17) is 0 Å². The zero-order valence-electron chi connectivity index (χ0n) is 7.95. The average Bonchev–Trinajstić information content (AvgIpc) is 2.30. The Bertz CT molecular complexity index is 620. The van der Waals surface area contributed by atoms with Crippen molar-refractivity contribution in [2.45, 2.75) is 4.90 Å². The first-order valence-corrected chi connectivity index (χ1v) is 5.49. The SMILES string of the molecule is O=c1ncc(-c2cncc([SH](=O)=O)c2)c[nH]1. The van der Waals surface area contributed by atoms with Crippen LogP contribution in [0.1, 0.15) is 0 Å². The zero-order valence-corrected chi connectivity index (χ0v) is 8.85. The summed E-state index contributed by atoms with van der Waals surface area (Å²) in [4.78, 5) is 20.6. The number of hydrogen-bond acceptors (Lipinski definition) is 5. The van der Waals surface area contributed by atoms with Crippen molar-refractivity contribution < 1.29 is 8.42 Å². The van der Waals surface area contributed by atoms with Crippen LogP contribution in [0.3, 0.4) is 0 Å². The van der Waals surface area contributed by atoms with Crippen molar-refractivity contribution in [3.05, 3.63) is 41.3 Å². The van der Waals surface area contributed by atoms with Gasteiger partial charge in [0.15, 0.2) is 10.7 Å². The van der Waals surface area contributed by atoms with E-state index in [9.17, 15) is 13.2 Å². The fourth-order valence-electron chi connectivity index (χ4n) is 1.19. The maximum atomic E-state index is 10.8. The van der Waals surface area contributed by atoms with E-state index in [0.717, 1.165) is 0 Å². The van der Waals surface area contributed by atoms with Crippen molar-refractivity contribution in [1.82, 2.24) is 15.0 Å². The highest BCUT2D eigenvalue weighted by molar-refractivity contribution is 7.72. The first-order chi connectivity index (χ1) is 7.66. The molecule has 0 aliphatic heterocycles. The third-order valence-electron chi connectivity index (χ3n) is 1.94. The van der Waals surface area contributed by atoms with E-state index in [1.54, 1.807) is 0 Å². The molecule has 16 heavy (non-hydrogen) atoms. The molecule has 0 aromatic carbocycles. The number of nitrogens with zero attached hydrogens (tertiary/aromatic N) is 2. The molecule has 1 N–H and O–H groups in total. The molecule has 0 aliphatic carbocycles. The molecule has 0 amide bonds. The molecule has 2 rings (SSSR count). The summed E-state index contributed by atoms with van der Waals surface area (Å²) in [5.74, 6) is 0. The van der Waals surface area contributed by atoms with Crippen LogP contribution in [-0.4, -0.2) is 23.4 Å². The summed E-state index contributed by atoms with van der Waals surface area (Å²) in [7, 11) is -2.66. The van der Waals surface area contributed by atoms with E-state index in [1.807, 2.05) is 0 Å². The van der Waals surface area contributed by atoms with E-state index in [2.05, 4.69) is 15.0 Å². The number of thiol groups is 1. The van der Waals surface area contributed by atoms with E-state index >= 15 is 0 Å². The normalized spacial score (nSPS) is 10.6. The van der Waals surface area contributed by atoms with E-state index in [0.29, 0.717) is 11.1 Å². The molecule has 0 radical (unpaired) electrons. The van der Waals surface area contributed by atoms with E-state index in [1.165, 1.54) is 30.9 Å². The van der Waals surface area contributed by atoms with Crippen molar-refractivity contribution in [1.29, 1.82) is 0 Å². The largest absolute Gasteiger partial charge is 0.344 e. The molecule has 7 heteroatoms. The van der Waals surface area contributed by atoms with Gasteiger partial charge < -0.3 is 4.98 Å². The topological polar surface area (TPSA) is 92.8 Å². The number of hydrogen-bond donors (Lipinski definition) is 2. The number of rotatable bonds is 2. The highest BCUT2D eigenvalue weighted by atomic mass is 32.2. The third kappa shape index (κ3) is 2.14. The predicted octanol–water partition coefficient (Wildman–Crippen LogP) is -0.198. The zero-order chi connectivity index (χ0) is 11.5. The molecule has 6 nitrogen and oxygen atoms in total. The summed E-state index contributed by atoms with van der Waals surface area (Å²) in [5.41, 5.74) is 0.731. The molecule has 2 aromatic heterocycles. The molecule has 0 aliphatic rings. The summed E-state index contributed by atoms with van der Waals surface area (Å²) in [6.07, 6.45) is 5.57. The van der Waals surface area contributed by atoms with Crippen molar-refractivity contribution in [2.75, 3.05) is 0 Å². The second-order valence-corrected chi connectivity index (χ2v) is 4.03. The Balaban J connectivity index is 2.52. The maximum absolute atomic E-state index is 10.8. The predicted molar refractivity (Wildman–Crippen MR) is 56.7 cm³/mol. The summed E-state index contributed by atoms with van der Waals surface area (Å²) >= 11 is 0. The van der Waals surface area contributed by atoms with Gasteiger partial charge in [-0.1, -0.05) is 0 Å². The van der Waals surface area contributed by atoms with Crippen LogP contribution in [0.5, 0.6) is 0 Å². The fourth-order valence-corrected chi connectivity index (χ4v) is 1.59. The molecule has 2 aromatic rings. The lowest BCUT2D eigenvalue weighted by Crippen LogP contribution is -2.07. The lowest BCUT2D eigenvalue weighted by atomic mass is 10.2.